The van der Waals surface area contributed by atoms with Gasteiger partial charge < -0.3 is 5.73 Å². The second-order valence-corrected chi connectivity index (χ2v) is 3.78. The summed E-state index contributed by atoms with van der Waals surface area (Å²) in [5, 5.41) is 0.417. The van der Waals surface area contributed by atoms with Crippen LogP contribution in [0.3, 0.4) is 0 Å². The Labute approximate surface area is 71.0 Å². The van der Waals surface area contributed by atoms with Gasteiger partial charge in [0.25, 0.3) is 0 Å². The number of amides is 1. The van der Waals surface area contributed by atoms with Crippen LogP contribution in [-0.4, -0.2) is 23.5 Å². The topological polar surface area (TPSA) is 81.1 Å². The predicted octanol–water partition coefficient (Wildman–Crippen LogP) is -0.553. The molecule has 0 radical (unpaired) electrons. The summed E-state index contributed by atoms with van der Waals surface area (Å²) >= 11 is 1.68. The maximum absolute atomic E-state index is 10.6. The van der Waals surface area contributed by atoms with E-state index < -0.39 is 0 Å². The molecule has 0 heterocycles. The number of hydrogen-bond acceptors (Lipinski definition) is 4. The van der Waals surface area contributed by atoms with Crippen molar-refractivity contribution in [3.63, 3.8) is 0 Å². The van der Waals surface area contributed by atoms with Gasteiger partial charge in [0.05, 0.1) is 0 Å². The van der Waals surface area contributed by atoms with E-state index >= 15 is 0 Å². The number of rotatable bonds is 5. The zero-order valence-electron chi connectivity index (χ0n) is 6.67. The number of carbonyl (C=O) groups is 1. The van der Waals surface area contributed by atoms with Crippen LogP contribution in [0.2, 0.25) is 0 Å². The van der Waals surface area contributed by atoms with Gasteiger partial charge in [0, 0.05) is 24.0 Å². The Morgan fingerprint density at radius 1 is 1.73 bits per heavy atom. The summed E-state index contributed by atoms with van der Waals surface area (Å²) in [6.07, 6.45) is 0.464. The first-order chi connectivity index (χ1) is 5.20. The highest BCUT2D eigenvalue weighted by atomic mass is 32.2. The minimum Gasteiger partial charge on any atom is -0.329 e. The lowest BCUT2D eigenvalue weighted by atomic mass is 10.5. The molecule has 4 nitrogen and oxygen atoms in total. The van der Waals surface area contributed by atoms with E-state index in [0.717, 1.165) is 5.75 Å². The SMILES string of the molecule is CC(CN)SCCC(=O)NN. The first-order valence-electron chi connectivity index (χ1n) is 3.51. The quantitative estimate of drug-likeness (QED) is 0.299. The Kier molecular flexibility index (Phi) is 6.30. The fourth-order valence-electron chi connectivity index (χ4n) is 0.493. The van der Waals surface area contributed by atoms with Gasteiger partial charge in [-0.25, -0.2) is 5.84 Å². The van der Waals surface area contributed by atoms with Crippen molar-refractivity contribution in [2.45, 2.75) is 18.6 Å². The molecule has 1 unspecified atom stereocenters. The maximum Gasteiger partial charge on any atom is 0.234 e. The van der Waals surface area contributed by atoms with Gasteiger partial charge >= 0.3 is 0 Å². The molecule has 0 fully saturated rings. The first kappa shape index (κ1) is 10.7. The molecule has 0 aliphatic rings. The molecule has 0 bridgehead atoms. The Balaban J connectivity index is 3.20. The third-order valence-corrected chi connectivity index (χ3v) is 2.43. The molecule has 1 atom stereocenters. The molecule has 1 amide bonds. The van der Waals surface area contributed by atoms with E-state index in [0.29, 0.717) is 18.2 Å². The van der Waals surface area contributed by atoms with Crippen LogP contribution in [0.15, 0.2) is 0 Å². The fourth-order valence-corrected chi connectivity index (χ4v) is 1.33. The van der Waals surface area contributed by atoms with Crippen molar-refractivity contribution in [1.82, 2.24) is 5.43 Å². The highest BCUT2D eigenvalue weighted by Crippen LogP contribution is 2.09. The van der Waals surface area contributed by atoms with Gasteiger partial charge in [-0.2, -0.15) is 11.8 Å². The summed E-state index contributed by atoms with van der Waals surface area (Å²) in [6.45, 7) is 2.68. The van der Waals surface area contributed by atoms with Crippen molar-refractivity contribution in [3.8, 4) is 0 Å². The third kappa shape index (κ3) is 6.15. The molecule has 0 aliphatic carbocycles. The van der Waals surface area contributed by atoms with Crippen LogP contribution in [0, 0.1) is 0 Å². The van der Waals surface area contributed by atoms with E-state index in [1.54, 1.807) is 11.8 Å². The second kappa shape index (κ2) is 6.45. The molecule has 0 rings (SSSR count). The Morgan fingerprint density at radius 3 is 2.82 bits per heavy atom. The average molecular weight is 177 g/mol. The van der Waals surface area contributed by atoms with Gasteiger partial charge in [-0.15, -0.1) is 0 Å². The number of nitrogens with one attached hydrogen (secondary N) is 1. The number of carbonyl (C=O) groups excluding carboxylic acids is 1. The summed E-state index contributed by atoms with van der Waals surface area (Å²) in [7, 11) is 0. The summed E-state index contributed by atoms with van der Waals surface area (Å²) in [6, 6.07) is 0. The largest absolute Gasteiger partial charge is 0.329 e. The molecule has 0 aliphatic heterocycles. The monoisotopic (exact) mass is 177 g/mol. The molecule has 0 aromatic rings. The molecule has 0 saturated carbocycles. The van der Waals surface area contributed by atoms with Crippen LogP contribution in [0.25, 0.3) is 0 Å². The molecule has 5 N–H and O–H groups in total. The van der Waals surface area contributed by atoms with Crippen LogP contribution in [0.5, 0.6) is 0 Å². The van der Waals surface area contributed by atoms with E-state index in [9.17, 15) is 4.79 Å². The van der Waals surface area contributed by atoms with Gasteiger partial charge in [0.1, 0.15) is 0 Å². The van der Waals surface area contributed by atoms with Gasteiger partial charge in [-0.3, -0.25) is 10.2 Å². The molecule has 0 spiro atoms. The molecule has 0 aromatic carbocycles. The first-order valence-corrected chi connectivity index (χ1v) is 4.56. The van der Waals surface area contributed by atoms with Crippen LogP contribution in [0.1, 0.15) is 13.3 Å². The van der Waals surface area contributed by atoms with Crippen molar-refractivity contribution in [2.24, 2.45) is 11.6 Å². The molecule has 11 heavy (non-hydrogen) atoms. The Morgan fingerprint density at radius 2 is 2.36 bits per heavy atom. The van der Waals surface area contributed by atoms with Crippen LogP contribution >= 0.6 is 11.8 Å². The van der Waals surface area contributed by atoms with Crippen molar-refractivity contribution in [3.05, 3.63) is 0 Å². The van der Waals surface area contributed by atoms with E-state index in [1.165, 1.54) is 0 Å². The molecule has 5 heteroatoms. The minimum absolute atomic E-state index is 0.123. The lowest BCUT2D eigenvalue weighted by Crippen LogP contribution is -2.30. The molecule has 0 aromatic heterocycles. The molecular weight excluding hydrogens is 162 g/mol. The standard InChI is InChI=1S/C6H15N3OS/c1-5(4-7)11-3-2-6(10)9-8/h5H,2-4,7-8H2,1H3,(H,9,10). The summed E-state index contributed by atoms with van der Waals surface area (Å²) in [5.74, 6) is 5.54. The van der Waals surface area contributed by atoms with Gasteiger partial charge in [-0.05, 0) is 0 Å². The summed E-state index contributed by atoms with van der Waals surface area (Å²) in [4.78, 5) is 10.6. The van der Waals surface area contributed by atoms with Gasteiger partial charge in [-0.1, -0.05) is 6.92 Å². The zero-order chi connectivity index (χ0) is 8.69. The van der Waals surface area contributed by atoms with Gasteiger partial charge in [0.15, 0.2) is 0 Å². The Hall–Kier alpha value is -0.260. The summed E-state index contributed by atoms with van der Waals surface area (Å²) in [5.41, 5.74) is 7.45. The van der Waals surface area contributed by atoms with E-state index in [2.05, 4.69) is 5.43 Å². The lowest BCUT2D eigenvalue weighted by molar-refractivity contribution is -0.120. The van der Waals surface area contributed by atoms with Crippen LogP contribution in [0.4, 0.5) is 0 Å². The number of hydrogen-bond donors (Lipinski definition) is 3. The van der Waals surface area contributed by atoms with E-state index in [4.69, 9.17) is 11.6 Å². The maximum atomic E-state index is 10.6. The van der Waals surface area contributed by atoms with E-state index in [1.807, 2.05) is 6.92 Å². The third-order valence-electron chi connectivity index (χ3n) is 1.22. The van der Waals surface area contributed by atoms with Crippen molar-refractivity contribution in [1.29, 1.82) is 0 Å². The second-order valence-electron chi connectivity index (χ2n) is 2.23. The number of hydrazine groups is 1. The van der Waals surface area contributed by atoms with Crippen molar-refractivity contribution >= 4 is 17.7 Å². The highest BCUT2D eigenvalue weighted by molar-refractivity contribution is 7.99. The van der Waals surface area contributed by atoms with E-state index in [-0.39, 0.29) is 5.91 Å². The lowest BCUT2D eigenvalue weighted by Gasteiger charge is -2.06. The predicted molar refractivity (Wildman–Crippen MR) is 47.9 cm³/mol. The van der Waals surface area contributed by atoms with Crippen molar-refractivity contribution < 1.29 is 4.79 Å². The zero-order valence-corrected chi connectivity index (χ0v) is 7.49. The van der Waals surface area contributed by atoms with Gasteiger partial charge in [0.2, 0.25) is 5.91 Å². The molecule has 0 saturated heterocycles. The van der Waals surface area contributed by atoms with Crippen LogP contribution in [-0.2, 0) is 4.79 Å². The molecular formula is C6H15N3OS. The number of thioether (sulfide) groups is 1. The molecule has 66 valence electrons. The normalized spacial score (nSPS) is 12.6. The fraction of sp³-hybridized carbons (Fsp3) is 0.833. The average Bonchev–Trinajstić information content (AvgIpc) is 2.04. The minimum atomic E-state index is -0.123. The Bertz CT molecular complexity index is 120. The smallest absolute Gasteiger partial charge is 0.234 e. The number of nitrogens with two attached hydrogens (primary N) is 2. The summed E-state index contributed by atoms with van der Waals surface area (Å²) < 4.78 is 0. The highest BCUT2D eigenvalue weighted by Gasteiger charge is 2.01. The van der Waals surface area contributed by atoms with Crippen molar-refractivity contribution in [2.75, 3.05) is 12.3 Å². The van der Waals surface area contributed by atoms with Crippen LogP contribution < -0.4 is 17.0 Å².